The molecule has 2 aromatic rings. The zero-order valence-electron chi connectivity index (χ0n) is 12.5. The molecule has 6 nitrogen and oxygen atoms in total. The average molecular weight is 309 g/mol. The fourth-order valence-electron chi connectivity index (χ4n) is 2.88. The van der Waals surface area contributed by atoms with Gasteiger partial charge in [-0.05, 0) is 31.7 Å². The molecular formula is C14H23N5OS. The summed E-state index contributed by atoms with van der Waals surface area (Å²) in [4.78, 5) is 0.902. The molecule has 2 aromatic heterocycles. The van der Waals surface area contributed by atoms with Crippen molar-refractivity contribution in [1.82, 2.24) is 19.8 Å². The fraction of sp³-hybridized carbons (Fsp3) is 0.786. The van der Waals surface area contributed by atoms with Crippen molar-refractivity contribution in [2.45, 2.75) is 44.9 Å². The van der Waals surface area contributed by atoms with Gasteiger partial charge in [0.15, 0.2) is 5.82 Å². The molecule has 2 atom stereocenters. The molecule has 3 rings (SSSR count). The molecule has 0 spiro atoms. The smallest absolute Gasteiger partial charge is 0.234 e. The van der Waals surface area contributed by atoms with Gasteiger partial charge in [-0.1, -0.05) is 24.7 Å². The second-order valence-corrected chi connectivity index (χ2v) is 6.74. The minimum atomic E-state index is 0.343. The van der Waals surface area contributed by atoms with Gasteiger partial charge >= 0.3 is 0 Å². The molecule has 21 heavy (non-hydrogen) atoms. The maximum atomic E-state index is 5.66. The van der Waals surface area contributed by atoms with Gasteiger partial charge in [0.2, 0.25) is 4.96 Å². The van der Waals surface area contributed by atoms with E-state index in [0.717, 1.165) is 61.2 Å². The van der Waals surface area contributed by atoms with Crippen LogP contribution in [0.1, 0.15) is 49.4 Å². The number of ether oxygens (including phenoxy) is 1. The van der Waals surface area contributed by atoms with Crippen LogP contribution in [0.2, 0.25) is 0 Å². The van der Waals surface area contributed by atoms with Gasteiger partial charge in [0.1, 0.15) is 5.01 Å². The first-order chi connectivity index (χ1) is 10.3. The molecule has 2 unspecified atom stereocenters. The van der Waals surface area contributed by atoms with Crippen LogP contribution >= 0.6 is 11.3 Å². The van der Waals surface area contributed by atoms with Crippen LogP contribution in [0.15, 0.2) is 0 Å². The Labute approximate surface area is 128 Å². The fourth-order valence-corrected chi connectivity index (χ4v) is 3.74. The first-order valence-electron chi connectivity index (χ1n) is 7.80. The van der Waals surface area contributed by atoms with Crippen LogP contribution < -0.4 is 5.73 Å². The van der Waals surface area contributed by atoms with Crippen LogP contribution in [0.4, 0.5) is 0 Å². The predicted octanol–water partition coefficient (Wildman–Crippen LogP) is 2.00. The number of nitrogens with two attached hydrogens (primary N) is 1. The van der Waals surface area contributed by atoms with Crippen molar-refractivity contribution in [3.8, 4) is 0 Å². The molecule has 0 aromatic carbocycles. The maximum absolute atomic E-state index is 5.66. The number of nitrogens with zero attached hydrogens (tertiary/aromatic N) is 4. The zero-order valence-corrected chi connectivity index (χ0v) is 13.3. The summed E-state index contributed by atoms with van der Waals surface area (Å²) in [6.07, 6.45) is 5.46. The topological polar surface area (TPSA) is 78.3 Å². The van der Waals surface area contributed by atoms with Crippen LogP contribution in [-0.4, -0.2) is 39.6 Å². The van der Waals surface area contributed by atoms with E-state index in [0.29, 0.717) is 11.8 Å². The highest BCUT2D eigenvalue weighted by Gasteiger charge is 2.24. The van der Waals surface area contributed by atoms with Gasteiger partial charge in [0.25, 0.3) is 0 Å². The molecule has 2 N–H and O–H groups in total. The van der Waals surface area contributed by atoms with Gasteiger partial charge in [-0.25, -0.2) is 0 Å². The lowest BCUT2D eigenvalue weighted by molar-refractivity contribution is 0.193. The van der Waals surface area contributed by atoms with E-state index < -0.39 is 0 Å². The van der Waals surface area contributed by atoms with E-state index in [4.69, 9.17) is 15.6 Å². The first kappa shape index (κ1) is 14.9. The lowest BCUT2D eigenvalue weighted by Gasteiger charge is -2.11. The second kappa shape index (κ2) is 6.81. The SMILES string of the molecule is CCC(CCN)CCc1nn2c(C3CCOC3)nnc2s1. The Kier molecular flexibility index (Phi) is 4.82. The van der Waals surface area contributed by atoms with Crippen molar-refractivity contribution in [3.63, 3.8) is 0 Å². The van der Waals surface area contributed by atoms with Crippen molar-refractivity contribution < 1.29 is 4.74 Å². The Bertz CT molecular complexity index is 575. The van der Waals surface area contributed by atoms with Crippen LogP contribution in [-0.2, 0) is 11.2 Å². The highest BCUT2D eigenvalue weighted by molar-refractivity contribution is 7.16. The van der Waals surface area contributed by atoms with Crippen molar-refractivity contribution in [2.75, 3.05) is 19.8 Å². The second-order valence-electron chi connectivity index (χ2n) is 5.70. The molecule has 0 radical (unpaired) electrons. The highest BCUT2D eigenvalue weighted by atomic mass is 32.1. The predicted molar refractivity (Wildman–Crippen MR) is 82.6 cm³/mol. The molecule has 1 fully saturated rings. The molecule has 7 heteroatoms. The molecule has 3 heterocycles. The van der Waals surface area contributed by atoms with E-state index in [9.17, 15) is 0 Å². The molecule has 0 amide bonds. The largest absolute Gasteiger partial charge is 0.381 e. The highest BCUT2D eigenvalue weighted by Crippen LogP contribution is 2.26. The standard InChI is InChI=1S/C14H23N5OS/c1-2-10(5-7-15)3-4-12-18-19-13(11-6-8-20-9-11)16-17-14(19)21-12/h10-11H,2-9,15H2,1H3. The Hall–Kier alpha value is -1.05. The normalized spacial score (nSPS) is 20.4. The summed E-state index contributed by atoms with van der Waals surface area (Å²) in [6, 6.07) is 0. The molecule has 1 aliphatic rings. The summed E-state index contributed by atoms with van der Waals surface area (Å²) in [5.74, 6) is 2.00. The monoisotopic (exact) mass is 309 g/mol. The number of rotatable bonds is 7. The van der Waals surface area contributed by atoms with E-state index in [1.54, 1.807) is 11.3 Å². The number of aryl methyl sites for hydroxylation is 1. The van der Waals surface area contributed by atoms with E-state index in [1.165, 1.54) is 6.42 Å². The van der Waals surface area contributed by atoms with Crippen molar-refractivity contribution in [1.29, 1.82) is 0 Å². The third kappa shape index (κ3) is 3.25. The zero-order chi connectivity index (χ0) is 14.7. The summed E-state index contributed by atoms with van der Waals surface area (Å²) in [5.41, 5.74) is 5.66. The van der Waals surface area contributed by atoms with Crippen LogP contribution in [0.5, 0.6) is 0 Å². The summed E-state index contributed by atoms with van der Waals surface area (Å²) < 4.78 is 7.36. The lowest BCUT2D eigenvalue weighted by Crippen LogP contribution is -2.09. The Balaban J connectivity index is 1.69. The van der Waals surface area contributed by atoms with E-state index >= 15 is 0 Å². The molecule has 1 saturated heterocycles. The summed E-state index contributed by atoms with van der Waals surface area (Å²) >= 11 is 1.65. The van der Waals surface area contributed by atoms with Gasteiger partial charge in [-0.15, -0.1) is 10.2 Å². The van der Waals surface area contributed by atoms with Gasteiger partial charge in [0.05, 0.1) is 6.61 Å². The molecule has 116 valence electrons. The average Bonchev–Trinajstić information content (AvgIpc) is 3.18. The number of hydrogen-bond donors (Lipinski definition) is 1. The Morgan fingerprint density at radius 3 is 3.05 bits per heavy atom. The third-order valence-electron chi connectivity index (χ3n) is 4.27. The van der Waals surface area contributed by atoms with E-state index in [-0.39, 0.29) is 0 Å². The first-order valence-corrected chi connectivity index (χ1v) is 8.62. The molecule has 1 aliphatic heterocycles. The number of fused-ring (bicyclic) bond motifs is 1. The van der Waals surface area contributed by atoms with Gasteiger partial charge < -0.3 is 10.5 Å². The minimum Gasteiger partial charge on any atom is -0.381 e. The van der Waals surface area contributed by atoms with Gasteiger partial charge in [-0.3, -0.25) is 0 Å². The van der Waals surface area contributed by atoms with Gasteiger partial charge in [0, 0.05) is 18.9 Å². The Morgan fingerprint density at radius 2 is 2.33 bits per heavy atom. The van der Waals surface area contributed by atoms with Gasteiger partial charge in [-0.2, -0.15) is 9.61 Å². The number of hydrogen-bond acceptors (Lipinski definition) is 6. The van der Waals surface area contributed by atoms with Crippen LogP contribution in [0.25, 0.3) is 4.96 Å². The third-order valence-corrected chi connectivity index (χ3v) is 5.23. The molecular weight excluding hydrogens is 286 g/mol. The van der Waals surface area contributed by atoms with Crippen LogP contribution in [0.3, 0.4) is 0 Å². The van der Waals surface area contributed by atoms with Crippen molar-refractivity contribution >= 4 is 16.3 Å². The Morgan fingerprint density at radius 1 is 1.43 bits per heavy atom. The van der Waals surface area contributed by atoms with E-state index in [1.807, 2.05) is 4.52 Å². The maximum Gasteiger partial charge on any atom is 0.234 e. The quantitative estimate of drug-likeness (QED) is 0.846. The summed E-state index contributed by atoms with van der Waals surface area (Å²) in [6.45, 7) is 4.56. The summed E-state index contributed by atoms with van der Waals surface area (Å²) in [5, 5.41) is 14.4. The molecule has 0 bridgehead atoms. The lowest BCUT2D eigenvalue weighted by atomic mass is 9.97. The minimum absolute atomic E-state index is 0.343. The summed E-state index contributed by atoms with van der Waals surface area (Å²) in [7, 11) is 0. The van der Waals surface area contributed by atoms with E-state index in [2.05, 4.69) is 17.1 Å². The number of aromatic nitrogens is 4. The molecule has 0 aliphatic carbocycles. The van der Waals surface area contributed by atoms with Crippen molar-refractivity contribution in [2.24, 2.45) is 11.7 Å². The van der Waals surface area contributed by atoms with Crippen molar-refractivity contribution in [3.05, 3.63) is 10.8 Å². The van der Waals surface area contributed by atoms with Crippen LogP contribution in [0, 0.1) is 5.92 Å². The molecule has 0 saturated carbocycles.